The normalized spacial score (nSPS) is 7.90. The Kier molecular flexibility index (Phi) is 7.47. The zero-order valence-corrected chi connectivity index (χ0v) is 14.0. The van der Waals surface area contributed by atoms with E-state index in [1.54, 1.807) is 0 Å². The van der Waals surface area contributed by atoms with Crippen molar-refractivity contribution >= 4 is 31.9 Å². The summed E-state index contributed by atoms with van der Waals surface area (Å²) < 4.78 is 5.43. The average molecular weight is 390 g/mol. The van der Waals surface area contributed by atoms with Crippen molar-refractivity contribution in [3.63, 3.8) is 0 Å². The molecule has 0 saturated heterocycles. The monoisotopic (exact) mass is 388 g/mol. The highest BCUT2D eigenvalue weighted by Gasteiger charge is 2.07. The van der Waals surface area contributed by atoms with Crippen LogP contribution in [-0.4, -0.2) is 0 Å². The van der Waals surface area contributed by atoms with Gasteiger partial charge in [0.05, 0.1) is 0 Å². The summed E-state index contributed by atoms with van der Waals surface area (Å²) in [5.74, 6) is 15.4. The van der Waals surface area contributed by atoms with E-state index in [9.17, 15) is 0 Å². The number of aryl methyl sites for hydroxylation is 1. The molecule has 0 aromatic heterocycles. The maximum atomic E-state index is 5.43. The number of halogens is 2. The number of benzene rings is 1. The molecule has 0 aliphatic heterocycles. The predicted octanol–water partition coefficient (Wildman–Crippen LogP) is 3.76. The Labute approximate surface area is 136 Å². The fraction of sp³-hybridized carbons (Fsp3) is 0.176. The second-order valence-corrected chi connectivity index (χ2v) is 4.75. The Morgan fingerprint density at radius 2 is 1.65 bits per heavy atom. The van der Waals surface area contributed by atoms with E-state index >= 15 is 0 Å². The Hall–Kier alpha value is -1.78. The molecule has 0 amide bonds. The topological polar surface area (TPSA) is 9.23 Å². The molecule has 0 spiro atoms. The van der Waals surface area contributed by atoms with Crippen LogP contribution < -0.4 is 4.74 Å². The Bertz CT molecular complexity index is 707. The van der Waals surface area contributed by atoms with Gasteiger partial charge in [-0.1, -0.05) is 37.9 Å². The van der Waals surface area contributed by atoms with Crippen molar-refractivity contribution in [3.8, 4) is 53.8 Å². The van der Waals surface area contributed by atoms with Gasteiger partial charge < -0.3 is 4.74 Å². The lowest BCUT2D eigenvalue weighted by Gasteiger charge is -2.09. The van der Waals surface area contributed by atoms with Gasteiger partial charge in [0.25, 0.3) is 0 Å². The summed E-state index contributed by atoms with van der Waals surface area (Å²) in [4.78, 5) is 0. The van der Waals surface area contributed by atoms with Crippen molar-refractivity contribution in [3.05, 3.63) is 28.8 Å². The Morgan fingerprint density at radius 1 is 1.00 bits per heavy atom. The number of hydrogen-bond donors (Lipinski definition) is 0. The van der Waals surface area contributed by atoms with Crippen LogP contribution in [0.2, 0.25) is 0 Å². The van der Waals surface area contributed by atoms with Crippen molar-refractivity contribution in [1.29, 1.82) is 0 Å². The molecule has 1 aromatic rings. The molecule has 0 atom stereocenters. The van der Waals surface area contributed by atoms with E-state index in [2.05, 4.69) is 86.5 Å². The standard InChI is InChI=1S/C17H10Br2O/c1-3-4-5-6-7-8-9-20-17-11-15(12-18)14(2)10-16(17)13-19/h1,10-11H,12-13H2,2H3. The first-order valence-corrected chi connectivity index (χ1v) is 7.84. The largest absolute Gasteiger partial charge is 0.406 e. The molecule has 0 heterocycles. The van der Waals surface area contributed by atoms with Gasteiger partial charge in [-0.2, -0.15) is 0 Å². The molecule has 0 radical (unpaired) electrons. The van der Waals surface area contributed by atoms with Gasteiger partial charge in [0.15, 0.2) is 0 Å². The van der Waals surface area contributed by atoms with E-state index in [-0.39, 0.29) is 0 Å². The molecular formula is C17H10Br2O. The molecule has 98 valence electrons. The molecule has 3 heteroatoms. The molecule has 0 bridgehead atoms. The minimum Gasteiger partial charge on any atom is -0.406 e. The lowest BCUT2D eigenvalue weighted by molar-refractivity contribution is 0.514. The Morgan fingerprint density at radius 3 is 2.30 bits per heavy atom. The molecule has 0 unspecified atom stereocenters. The number of ether oxygens (including phenoxy) is 1. The molecule has 0 N–H and O–H groups in total. The highest BCUT2D eigenvalue weighted by atomic mass is 79.9. The fourth-order valence-corrected chi connectivity index (χ4v) is 2.41. The number of hydrogen-bond acceptors (Lipinski definition) is 1. The third-order valence-electron chi connectivity index (χ3n) is 2.34. The molecule has 0 fully saturated rings. The number of terminal acetylenes is 1. The molecule has 0 saturated carbocycles. The van der Waals surface area contributed by atoms with E-state index in [1.807, 2.05) is 6.07 Å². The van der Waals surface area contributed by atoms with Crippen molar-refractivity contribution < 1.29 is 4.74 Å². The van der Waals surface area contributed by atoms with Crippen molar-refractivity contribution in [2.45, 2.75) is 17.6 Å². The summed E-state index contributed by atoms with van der Waals surface area (Å²) >= 11 is 6.88. The molecule has 0 aliphatic carbocycles. The molecule has 0 aliphatic rings. The van der Waals surface area contributed by atoms with Gasteiger partial charge in [-0.25, -0.2) is 0 Å². The maximum absolute atomic E-state index is 5.43. The third kappa shape index (κ3) is 5.07. The summed E-state index contributed by atoms with van der Waals surface area (Å²) in [5.41, 5.74) is 3.42. The summed E-state index contributed by atoms with van der Waals surface area (Å²) in [6.45, 7) is 2.06. The summed E-state index contributed by atoms with van der Waals surface area (Å²) in [6, 6.07) is 4.05. The van der Waals surface area contributed by atoms with E-state index in [4.69, 9.17) is 11.2 Å². The summed E-state index contributed by atoms with van der Waals surface area (Å²) in [7, 11) is 0. The van der Waals surface area contributed by atoms with E-state index in [0.29, 0.717) is 5.33 Å². The van der Waals surface area contributed by atoms with Crippen LogP contribution in [0, 0.1) is 55.0 Å². The zero-order valence-electron chi connectivity index (χ0n) is 10.8. The SMILES string of the molecule is C#CC#CC#CC#COc1cc(CBr)c(C)cc1CBr. The van der Waals surface area contributed by atoms with E-state index in [0.717, 1.165) is 22.2 Å². The third-order valence-corrected chi connectivity index (χ3v) is 3.55. The lowest BCUT2D eigenvalue weighted by Crippen LogP contribution is -1.94. The summed E-state index contributed by atoms with van der Waals surface area (Å²) in [6.07, 6.45) is 7.50. The minimum atomic E-state index is 0.701. The van der Waals surface area contributed by atoms with Crippen molar-refractivity contribution in [2.24, 2.45) is 0 Å². The van der Waals surface area contributed by atoms with Gasteiger partial charge in [-0.05, 0) is 41.9 Å². The highest BCUT2D eigenvalue weighted by molar-refractivity contribution is 9.08. The molecule has 1 rings (SSSR count). The number of alkyl halides is 2. The van der Waals surface area contributed by atoms with Gasteiger partial charge >= 0.3 is 0 Å². The smallest absolute Gasteiger partial charge is 0.144 e. The van der Waals surface area contributed by atoms with Crippen molar-refractivity contribution in [1.82, 2.24) is 0 Å². The van der Waals surface area contributed by atoms with Crippen LogP contribution in [0.4, 0.5) is 0 Å². The van der Waals surface area contributed by atoms with Crippen LogP contribution >= 0.6 is 31.9 Å². The van der Waals surface area contributed by atoms with Crippen LogP contribution in [0.5, 0.6) is 5.75 Å². The van der Waals surface area contributed by atoms with Gasteiger partial charge in [0.2, 0.25) is 0 Å². The van der Waals surface area contributed by atoms with Crippen LogP contribution in [0.1, 0.15) is 16.7 Å². The van der Waals surface area contributed by atoms with Crippen molar-refractivity contribution in [2.75, 3.05) is 0 Å². The van der Waals surface area contributed by atoms with Crippen LogP contribution in [0.25, 0.3) is 0 Å². The van der Waals surface area contributed by atoms with Gasteiger partial charge in [-0.3, -0.25) is 0 Å². The van der Waals surface area contributed by atoms with Crippen LogP contribution in [-0.2, 0) is 10.7 Å². The second kappa shape index (κ2) is 9.18. The van der Waals surface area contributed by atoms with E-state index < -0.39 is 0 Å². The zero-order chi connectivity index (χ0) is 14.8. The maximum Gasteiger partial charge on any atom is 0.144 e. The first-order valence-electron chi connectivity index (χ1n) is 5.59. The Balaban J connectivity index is 2.89. The quantitative estimate of drug-likeness (QED) is 0.564. The first kappa shape index (κ1) is 16.3. The molecule has 1 aromatic carbocycles. The fourth-order valence-electron chi connectivity index (χ4n) is 1.37. The lowest BCUT2D eigenvalue weighted by atomic mass is 10.1. The molecule has 20 heavy (non-hydrogen) atoms. The molecular weight excluding hydrogens is 380 g/mol. The van der Waals surface area contributed by atoms with Crippen LogP contribution in [0.15, 0.2) is 12.1 Å². The van der Waals surface area contributed by atoms with Gasteiger partial charge in [-0.15, -0.1) is 6.42 Å². The predicted molar refractivity (Wildman–Crippen MR) is 89.2 cm³/mol. The highest BCUT2D eigenvalue weighted by Crippen LogP contribution is 2.26. The van der Waals surface area contributed by atoms with Gasteiger partial charge in [0.1, 0.15) is 11.9 Å². The first-order chi connectivity index (χ1) is 9.72. The number of rotatable bonds is 3. The van der Waals surface area contributed by atoms with E-state index in [1.165, 1.54) is 5.56 Å². The average Bonchev–Trinajstić information content (AvgIpc) is 2.47. The molecule has 1 nitrogen and oxygen atoms in total. The summed E-state index contributed by atoms with van der Waals surface area (Å²) in [5, 5.41) is 1.47. The van der Waals surface area contributed by atoms with Crippen LogP contribution in [0.3, 0.4) is 0 Å². The minimum absolute atomic E-state index is 0.701. The second-order valence-electron chi connectivity index (χ2n) is 3.63. The van der Waals surface area contributed by atoms with Gasteiger partial charge in [0, 0.05) is 34.0 Å².